The third-order valence-corrected chi connectivity index (χ3v) is 2.01. The van der Waals surface area contributed by atoms with Crippen molar-refractivity contribution in [3.63, 3.8) is 0 Å². The fourth-order valence-corrected chi connectivity index (χ4v) is 1.32. The summed E-state index contributed by atoms with van der Waals surface area (Å²) in [6, 6.07) is 0. The molecule has 3 nitrogen and oxygen atoms in total. The number of rotatable bonds is 2. The van der Waals surface area contributed by atoms with Crippen LogP contribution in [0.3, 0.4) is 0 Å². The van der Waals surface area contributed by atoms with Gasteiger partial charge in [0.2, 0.25) is 11.9 Å². The summed E-state index contributed by atoms with van der Waals surface area (Å²) in [7, 11) is 0. The second-order valence-corrected chi connectivity index (χ2v) is 2.86. The summed E-state index contributed by atoms with van der Waals surface area (Å²) in [5.41, 5.74) is 1.26. The van der Waals surface area contributed by atoms with Crippen molar-refractivity contribution in [2.75, 3.05) is 0 Å². The average molecular weight is 187 g/mol. The minimum atomic E-state index is 0.326. The first kappa shape index (κ1) is 9.26. The maximum absolute atomic E-state index is 11.2. The maximum atomic E-state index is 11.2. The van der Waals surface area contributed by atoms with Gasteiger partial charge in [-0.15, -0.1) is 0 Å². The number of nitrogens with zero attached hydrogens (tertiary/aromatic N) is 2. The quantitative estimate of drug-likeness (QED) is 0.519. The van der Waals surface area contributed by atoms with Crippen LogP contribution in [0.1, 0.15) is 25.2 Å². The van der Waals surface area contributed by atoms with E-state index in [-0.39, 0.29) is 0 Å². The molecule has 0 bridgehead atoms. The molecular weight excluding hydrogens is 176 g/mol. The van der Waals surface area contributed by atoms with Gasteiger partial charge >= 0.3 is 0 Å². The molecule has 0 amide bonds. The Morgan fingerprint density at radius 2 is 2.17 bits per heavy atom. The molecule has 0 N–H and O–H groups in total. The van der Waals surface area contributed by atoms with Gasteiger partial charge in [0.05, 0.1) is 0 Å². The highest BCUT2D eigenvalue weighted by Gasteiger charge is 2.11. The molecule has 0 aliphatic heterocycles. The van der Waals surface area contributed by atoms with Gasteiger partial charge in [0, 0.05) is 6.42 Å². The van der Waals surface area contributed by atoms with E-state index in [0.29, 0.717) is 17.3 Å². The first-order valence-electron chi connectivity index (χ1n) is 3.96. The highest BCUT2D eigenvalue weighted by atomic mass is 35.5. The van der Waals surface area contributed by atoms with E-state index in [4.69, 9.17) is 11.6 Å². The predicted octanol–water partition coefficient (Wildman–Crippen LogP) is 1.49. The van der Waals surface area contributed by atoms with Crippen LogP contribution < -0.4 is 4.73 Å². The van der Waals surface area contributed by atoms with Crippen LogP contribution in [0, 0.1) is 5.21 Å². The van der Waals surface area contributed by atoms with E-state index in [0.717, 1.165) is 16.8 Å². The van der Waals surface area contributed by atoms with Crippen molar-refractivity contribution in [1.29, 1.82) is 0 Å². The lowest BCUT2D eigenvalue weighted by atomic mass is 10.3. The van der Waals surface area contributed by atoms with E-state index in [1.165, 1.54) is 6.20 Å². The largest absolute Gasteiger partial charge is 0.618 e. The summed E-state index contributed by atoms with van der Waals surface area (Å²) in [6.07, 6.45) is 2.82. The molecule has 1 aromatic heterocycles. The number of hydrogen-bond donors (Lipinski definition) is 0. The van der Waals surface area contributed by atoms with Crippen LogP contribution in [0.15, 0.2) is 6.20 Å². The molecule has 0 radical (unpaired) electrons. The van der Waals surface area contributed by atoms with Gasteiger partial charge in [-0.1, -0.05) is 25.4 Å². The Hall–Kier alpha value is -0.830. The number of halogens is 1. The van der Waals surface area contributed by atoms with E-state index < -0.39 is 0 Å². The summed E-state index contributed by atoms with van der Waals surface area (Å²) >= 11 is 5.78. The Kier molecular flexibility index (Phi) is 2.87. The number of aromatic nitrogens is 2. The molecule has 0 fully saturated rings. The van der Waals surface area contributed by atoms with Gasteiger partial charge in [-0.2, -0.15) is 4.73 Å². The van der Waals surface area contributed by atoms with Crippen molar-refractivity contribution in [2.45, 2.75) is 26.7 Å². The molecule has 0 aromatic carbocycles. The molecule has 0 saturated heterocycles. The van der Waals surface area contributed by atoms with Crippen LogP contribution in [-0.4, -0.2) is 4.98 Å². The zero-order valence-corrected chi connectivity index (χ0v) is 7.93. The summed E-state index contributed by atoms with van der Waals surface area (Å²) in [4.78, 5) is 4.07. The Morgan fingerprint density at radius 1 is 1.50 bits per heavy atom. The van der Waals surface area contributed by atoms with Gasteiger partial charge in [-0.05, 0) is 6.42 Å². The van der Waals surface area contributed by atoms with Crippen molar-refractivity contribution in [2.24, 2.45) is 0 Å². The Labute approximate surface area is 76.6 Å². The molecule has 1 aromatic rings. The first-order valence-corrected chi connectivity index (χ1v) is 4.34. The zero-order chi connectivity index (χ0) is 9.14. The Balaban J connectivity index is 3.18. The van der Waals surface area contributed by atoms with Crippen LogP contribution in [0.2, 0.25) is 5.15 Å². The molecule has 1 rings (SSSR count). The standard InChI is InChI=1S/C8H11ClN2O/c1-3-6-5-11(12)7(4-2)8(9)10-6/h5H,3-4H2,1-2H3. The molecule has 0 spiro atoms. The molecule has 0 aliphatic rings. The molecule has 0 saturated carbocycles. The molecule has 0 atom stereocenters. The minimum Gasteiger partial charge on any atom is -0.618 e. The summed E-state index contributed by atoms with van der Waals surface area (Å²) in [6.45, 7) is 3.81. The van der Waals surface area contributed by atoms with E-state index in [1.54, 1.807) is 0 Å². The minimum absolute atomic E-state index is 0.326. The van der Waals surface area contributed by atoms with E-state index in [2.05, 4.69) is 4.98 Å². The maximum Gasteiger partial charge on any atom is 0.229 e. The smallest absolute Gasteiger partial charge is 0.229 e. The zero-order valence-electron chi connectivity index (χ0n) is 7.17. The lowest BCUT2D eigenvalue weighted by molar-refractivity contribution is -0.614. The van der Waals surface area contributed by atoms with Crippen LogP contribution in [0.5, 0.6) is 0 Å². The molecule has 12 heavy (non-hydrogen) atoms. The van der Waals surface area contributed by atoms with Crippen molar-refractivity contribution < 1.29 is 4.73 Å². The molecule has 0 unspecified atom stereocenters. The van der Waals surface area contributed by atoms with E-state index in [1.807, 2.05) is 13.8 Å². The summed E-state index contributed by atoms with van der Waals surface area (Å²) in [5, 5.41) is 11.6. The average Bonchev–Trinajstić information content (AvgIpc) is 2.03. The van der Waals surface area contributed by atoms with E-state index >= 15 is 0 Å². The van der Waals surface area contributed by atoms with Gasteiger partial charge < -0.3 is 5.21 Å². The fraction of sp³-hybridized carbons (Fsp3) is 0.500. The number of aryl methyl sites for hydroxylation is 1. The van der Waals surface area contributed by atoms with Crippen molar-refractivity contribution in [1.82, 2.24) is 4.98 Å². The van der Waals surface area contributed by atoms with Crippen molar-refractivity contribution in [3.05, 3.63) is 27.9 Å². The monoisotopic (exact) mass is 186 g/mol. The van der Waals surface area contributed by atoms with Gasteiger partial charge in [0.15, 0.2) is 5.15 Å². The second kappa shape index (κ2) is 3.72. The predicted molar refractivity (Wildman–Crippen MR) is 47.0 cm³/mol. The van der Waals surface area contributed by atoms with Crippen LogP contribution in [0.4, 0.5) is 0 Å². The van der Waals surface area contributed by atoms with E-state index in [9.17, 15) is 5.21 Å². The van der Waals surface area contributed by atoms with Crippen LogP contribution in [-0.2, 0) is 12.8 Å². The molecule has 1 heterocycles. The normalized spacial score (nSPS) is 10.2. The highest BCUT2D eigenvalue weighted by Crippen LogP contribution is 2.09. The van der Waals surface area contributed by atoms with Crippen LogP contribution >= 0.6 is 11.6 Å². The lowest BCUT2D eigenvalue weighted by Gasteiger charge is -2.04. The summed E-state index contributed by atoms with van der Waals surface area (Å²) < 4.78 is 0.800. The second-order valence-electron chi connectivity index (χ2n) is 2.50. The molecule has 66 valence electrons. The molecule has 4 heteroatoms. The molecular formula is C8H11ClN2O. The third kappa shape index (κ3) is 1.67. The first-order chi connectivity index (χ1) is 5.69. The highest BCUT2D eigenvalue weighted by molar-refractivity contribution is 6.29. The van der Waals surface area contributed by atoms with Gasteiger partial charge in [-0.25, -0.2) is 4.98 Å². The van der Waals surface area contributed by atoms with Crippen LogP contribution in [0.25, 0.3) is 0 Å². The Morgan fingerprint density at radius 3 is 2.58 bits per heavy atom. The lowest BCUT2D eigenvalue weighted by Crippen LogP contribution is -2.33. The van der Waals surface area contributed by atoms with Crippen molar-refractivity contribution in [3.8, 4) is 0 Å². The SMILES string of the molecule is CCc1c[n+]([O-])c(CC)c(Cl)n1. The van der Waals surface area contributed by atoms with Gasteiger partial charge in [-0.3, -0.25) is 0 Å². The van der Waals surface area contributed by atoms with Gasteiger partial charge in [0.25, 0.3) is 0 Å². The summed E-state index contributed by atoms with van der Waals surface area (Å²) in [5.74, 6) is 0. The fourth-order valence-electron chi connectivity index (χ4n) is 0.996. The number of hydrogen-bond acceptors (Lipinski definition) is 2. The topological polar surface area (TPSA) is 39.8 Å². The molecule has 0 aliphatic carbocycles. The third-order valence-electron chi connectivity index (χ3n) is 1.71. The van der Waals surface area contributed by atoms with Crippen molar-refractivity contribution >= 4 is 11.6 Å². The van der Waals surface area contributed by atoms with Gasteiger partial charge in [0.1, 0.15) is 5.69 Å². The Bertz CT molecular complexity index is 265.